The van der Waals surface area contributed by atoms with Crippen molar-refractivity contribution in [3.05, 3.63) is 23.8 Å². The zero-order chi connectivity index (χ0) is 13.0. The van der Waals surface area contributed by atoms with Gasteiger partial charge in [-0.05, 0) is 37.5 Å². The van der Waals surface area contributed by atoms with Gasteiger partial charge >= 0.3 is 0 Å². The van der Waals surface area contributed by atoms with E-state index in [0.29, 0.717) is 12.3 Å². The zero-order valence-corrected chi connectivity index (χ0v) is 11.0. The van der Waals surface area contributed by atoms with E-state index in [-0.39, 0.29) is 5.60 Å². The number of ether oxygens (including phenoxy) is 2. The maximum atomic E-state index is 9.76. The Labute approximate surface area is 108 Å². The van der Waals surface area contributed by atoms with Crippen LogP contribution in [0.2, 0.25) is 0 Å². The van der Waals surface area contributed by atoms with Gasteiger partial charge in [0.2, 0.25) is 0 Å². The second-order valence-corrected chi connectivity index (χ2v) is 4.84. The van der Waals surface area contributed by atoms with E-state index in [4.69, 9.17) is 9.47 Å². The third-order valence-electron chi connectivity index (χ3n) is 3.75. The molecule has 100 valence electrons. The SMILES string of the molecule is COc1ccc(O)c(CNCC2(OC)CCC2)c1. The normalized spacial score (nSPS) is 17.2. The summed E-state index contributed by atoms with van der Waals surface area (Å²) in [6.07, 6.45) is 3.46. The van der Waals surface area contributed by atoms with Gasteiger partial charge in [-0.3, -0.25) is 0 Å². The highest BCUT2D eigenvalue weighted by Crippen LogP contribution is 2.34. The summed E-state index contributed by atoms with van der Waals surface area (Å²) in [7, 11) is 3.39. The van der Waals surface area contributed by atoms with Crippen molar-refractivity contribution < 1.29 is 14.6 Å². The van der Waals surface area contributed by atoms with Crippen LogP contribution in [0.25, 0.3) is 0 Å². The number of hydrogen-bond donors (Lipinski definition) is 2. The number of hydrogen-bond acceptors (Lipinski definition) is 4. The Balaban J connectivity index is 1.89. The Bertz CT molecular complexity index is 397. The van der Waals surface area contributed by atoms with Gasteiger partial charge in [-0.2, -0.15) is 0 Å². The van der Waals surface area contributed by atoms with Gasteiger partial charge in [0, 0.05) is 25.8 Å². The molecule has 4 heteroatoms. The minimum atomic E-state index is 0.00842. The molecular formula is C14H21NO3. The summed E-state index contributed by atoms with van der Waals surface area (Å²) in [6.45, 7) is 1.44. The molecule has 2 N–H and O–H groups in total. The van der Waals surface area contributed by atoms with Crippen molar-refractivity contribution in [3.8, 4) is 11.5 Å². The number of benzene rings is 1. The number of phenolic OH excluding ortho intramolecular Hbond substituents is 1. The summed E-state index contributed by atoms with van der Waals surface area (Å²) in [5, 5.41) is 13.1. The van der Waals surface area contributed by atoms with E-state index in [9.17, 15) is 5.11 Å². The van der Waals surface area contributed by atoms with Crippen LogP contribution in [0, 0.1) is 0 Å². The van der Waals surface area contributed by atoms with Gasteiger partial charge in [0.25, 0.3) is 0 Å². The third kappa shape index (κ3) is 2.76. The Kier molecular flexibility index (Phi) is 4.09. The highest BCUT2D eigenvalue weighted by molar-refractivity contribution is 5.39. The molecule has 2 rings (SSSR count). The predicted octanol–water partition coefficient (Wildman–Crippen LogP) is 2.06. The molecule has 1 aliphatic carbocycles. The molecule has 0 unspecified atom stereocenters. The first-order valence-corrected chi connectivity index (χ1v) is 6.31. The topological polar surface area (TPSA) is 50.7 Å². The third-order valence-corrected chi connectivity index (χ3v) is 3.75. The highest BCUT2D eigenvalue weighted by atomic mass is 16.5. The number of rotatable bonds is 6. The fourth-order valence-electron chi connectivity index (χ4n) is 2.28. The molecule has 18 heavy (non-hydrogen) atoms. The molecule has 1 aromatic carbocycles. The van der Waals surface area contributed by atoms with Crippen LogP contribution in [0.15, 0.2) is 18.2 Å². The maximum Gasteiger partial charge on any atom is 0.120 e. The van der Waals surface area contributed by atoms with Gasteiger partial charge in [-0.25, -0.2) is 0 Å². The van der Waals surface area contributed by atoms with Gasteiger partial charge in [0.05, 0.1) is 12.7 Å². The quantitative estimate of drug-likeness (QED) is 0.812. The molecule has 0 heterocycles. The van der Waals surface area contributed by atoms with E-state index in [1.165, 1.54) is 6.42 Å². The van der Waals surface area contributed by atoms with Crippen LogP contribution in [0.4, 0.5) is 0 Å². The molecule has 0 bridgehead atoms. The summed E-state index contributed by atoms with van der Waals surface area (Å²) in [5.74, 6) is 1.05. The van der Waals surface area contributed by atoms with Gasteiger partial charge in [0.15, 0.2) is 0 Å². The molecule has 0 atom stereocenters. The Morgan fingerprint density at radius 1 is 1.33 bits per heavy atom. The van der Waals surface area contributed by atoms with Crippen molar-refractivity contribution in [2.24, 2.45) is 0 Å². The van der Waals surface area contributed by atoms with Crippen LogP contribution >= 0.6 is 0 Å². The fraction of sp³-hybridized carbons (Fsp3) is 0.571. The molecule has 0 aliphatic heterocycles. The van der Waals surface area contributed by atoms with Crippen molar-refractivity contribution in [1.82, 2.24) is 5.32 Å². The summed E-state index contributed by atoms with van der Waals surface area (Å²) in [6, 6.07) is 5.26. The zero-order valence-electron chi connectivity index (χ0n) is 11.0. The van der Waals surface area contributed by atoms with Gasteiger partial charge in [-0.1, -0.05) is 0 Å². The molecule has 0 radical (unpaired) electrons. The van der Waals surface area contributed by atoms with E-state index < -0.39 is 0 Å². The Hall–Kier alpha value is -1.26. The van der Waals surface area contributed by atoms with E-state index in [1.54, 1.807) is 26.4 Å². The van der Waals surface area contributed by atoms with Gasteiger partial charge < -0.3 is 19.9 Å². The average Bonchev–Trinajstić information content (AvgIpc) is 2.35. The highest BCUT2D eigenvalue weighted by Gasteiger charge is 2.36. The van der Waals surface area contributed by atoms with Crippen molar-refractivity contribution in [2.45, 2.75) is 31.4 Å². The van der Waals surface area contributed by atoms with Crippen LogP contribution in [0.3, 0.4) is 0 Å². The minimum Gasteiger partial charge on any atom is -0.508 e. The molecule has 1 fully saturated rings. The first-order valence-electron chi connectivity index (χ1n) is 6.31. The summed E-state index contributed by atoms with van der Waals surface area (Å²) in [5.41, 5.74) is 0.856. The summed E-state index contributed by atoms with van der Waals surface area (Å²) >= 11 is 0. The summed E-state index contributed by atoms with van der Waals surface area (Å²) in [4.78, 5) is 0. The van der Waals surface area contributed by atoms with Crippen LogP contribution in [0.5, 0.6) is 11.5 Å². The number of phenols is 1. The number of aromatic hydroxyl groups is 1. The van der Waals surface area contributed by atoms with E-state index >= 15 is 0 Å². The Morgan fingerprint density at radius 3 is 2.67 bits per heavy atom. The number of methoxy groups -OCH3 is 2. The average molecular weight is 251 g/mol. The smallest absolute Gasteiger partial charge is 0.120 e. The predicted molar refractivity (Wildman–Crippen MR) is 70.0 cm³/mol. The fourth-order valence-corrected chi connectivity index (χ4v) is 2.28. The summed E-state index contributed by atoms with van der Waals surface area (Å²) < 4.78 is 10.7. The first-order chi connectivity index (χ1) is 8.69. The van der Waals surface area contributed by atoms with Crippen molar-refractivity contribution >= 4 is 0 Å². The van der Waals surface area contributed by atoms with Crippen LogP contribution in [-0.2, 0) is 11.3 Å². The molecule has 1 aliphatic rings. The van der Waals surface area contributed by atoms with Gasteiger partial charge in [-0.15, -0.1) is 0 Å². The van der Waals surface area contributed by atoms with Crippen molar-refractivity contribution in [1.29, 1.82) is 0 Å². The number of nitrogens with one attached hydrogen (secondary N) is 1. The van der Waals surface area contributed by atoms with E-state index in [1.807, 2.05) is 6.07 Å². The molecule has 1 aromatic rings. The monoisotopic (exact) mass is 251 g/mol. The molecular weight excluding hydrogens is 230 g/mol. The second-order valence-electron chi connectivity index (χ2n) is 4.84. The van der Waals surface area contributed by atoms with Crippen LogP contribution in [0.1, 0.15) is 24.8 Å². The van der Waals surface area contributed by atoms with E-state index in [0.717, 1.165) is 30.7 Å². The maximum absolute atomic E-state index is 9.76. The lowest BCUT2D eigenvalue weighted by atomic mass is 9.80. The molecule has 0 aromatic heterocycles. The minimum absolute atomic E-state index is 0.00842. The van der Waals surface area contributed by atoms with Crippen LogP contribution < -0.4 is 10.1 Å². The molecule has 0 spiro atoms. The van der Waals surface area contributed by atoms with Gasteiger partial charge in [0.1, 0.15) is 11.5 Å². The first kappa shape index (κ1) is 13.2. The largest absolute Gasteiger partial charge is 0.508 e. The molecule has 1 saturated carbocycles. The van der Waals surface area contributed by atoms with E-state index in [2.05, 4.69) is 5.32 Å². The lowest BCUT2D eigenvalue weighted by molar-refractivity contribution is -0.0695. The standard InChI is InChI=1S/C14H21NO3/c1-17-12-4-5-13(16)11(8-12)9-15-10-14(18-2)6-3-7-14/h4-5,8,15-16H,3,6-7,9-10H2,1-2H3. The Morgan fingerprint density at radius 2 is 2.11 bits per heavy atom. The lowest BCUT2D eigenvalue weighted by Gasteiger charge is -2.40. The second kappa shape index (κ2) is 5.59. The van der Waals surface area contributed by atoms with Crippen LogP contribution in [-0.4, -0.2) is 31.5 Å². The van der Waals surface area contributed by atoms with Crippen molar-refractivity contribution in [3.63, 3.8) is 0 Å². The van der Waals surface area contributed by atoms with Crippen molar-refractivity contribution in [2.75, 3.05) is 20.8 Å². The molecule has 0 amide bonds. The molecule has 0 saturated heterocycles. The molecule has 4 nitrogen and oxygen atoms in total. The lowest BCUT2D eigenvalue weighted by Crippen LogP contribution is -2.47.